The molecule has 1 saturated heterocycles. The Kier molecular flexibility index (Phi) is 6.50. The number of thiazole rings is 1. The summed E-state index contributed by atoms with van der Waals surface area (Å²) < 4.78 is 5.50. The molecule has 6 heteroatoms. The van der Waals surface area contributed by atoms with Gasteiger partial charge in [-0.3, -0.25) is 9.69 Å². The summed E-state index contributed by atoms with van der Waals surface area (Å²) in [5, 5.41) is 1.05. The third-order valence-electron chi connectivity index (χ3n) is 4.80. The van der Waals surface area contributed by atoms with Gasteiger partial charge in [-0.1, -0.05) is 26.0 Å². The molecule has 1 fully saturated rings. The molecule has 0 aliphatic carbocycles. The second-order valence-corrected chi connectivity index (χ2v) is 8.30. The summed E-state index contributed by atoms with van der Waals surface area (Å²) in [5.74, 6) is 1.41. The smallest absolute Gasteiger partial charge is 0.265 e. The van der Waals surface area contributed by atoms with Crippen molar-refractivity contribution in [2.24, 2.45) is 0 Å². The number of hydrogen-bond donors (Lipinski definition) is 0. The number of aromatic nitrogens is 1. The highest BCUT2D eigenvalue weighted by atomic mass is 32.1. The van der Waals surface area contributed by atoms with Crippen molar-refractivity contribution in [2.75, 3.05) is 32.8 Å². The van der Waals surface area contributed by atoms with Gasteiger partial charge in [0.05, 0.1) is 17.3 Å². The van der Waals surface area contributed by atoms with Crippen molar-refractivity contribution in [3.8, 4) is 5.75 Å². The second kappa shape index (κ2) is 8.85. The first-order valence-corrected chi connectivity index (χ1v) is 10.5. The zero-order chi connectivity index (χ0) is 19.4. The molecule has 0 spiro atoms. The maximum atomic E-state index is 12.9. The average Bonchev–Trinajstić information content (AvgIpc) is 3.06. The lowest BCUT2D eigenvalue weighted by Crippen LogP contribution is -2.48. The normalized spacial score (nSPS) is 15.4. The Labute approximate surface area is 166 Å². The molecule has 0 radical (unpaired) electrons. The van der Waals surface area contributed by atoms with Crippen LogP contribution in [0.4, 0.5) is 0 Å². The molecular weight excluding hydrogens is 358 g/mol. The fraction of sp³-hybridized carbons (Fsp3) is 0.524. The third kappa shape index (κ3) is 4.87. The molecule has 0 saturated carbocycles. The molecule has 1 aromatic carbocycles. The van der Waals surface area contributed by atoms with Crippen LogP contribution in [0, 0.1) is 6.92 Å². The van der Waals surface area contributed by atoms with Crippen LogP contribution in [0.2, 0.25) is 0 Å². The number of benzene rings is 1. The quantitative estimate of drug-likeness (QED) is 0.753. The van der Waals surface area contributed by atoms with Crippen LogP contribution >= 0.6 is 11.3 Å². The molecule has 5 nitrogen and oxygen atoms in total. The molecule has 1 amide bonds. The van der Waals surface area contributed by atoms with E-state index < -0.39 is 0 Å². The molecule has 146 valence electrons. The number of aryl methyl sites for hydroxylation is 1. The highest BCUT2D eigenvalue weighted by Crippen LogP contribution is 2.26. The lowest BCUT2D eigenvalue weighted by Gasteiger charge is -2.34. The van der Waals surface area contributed by atoms with Crippen LogP contribution in [0.1, 0.15) is 52.6 Å². The molecular formula is C21H29N3O2S. The lowest BCUT2D eigenvalue weighted by molar-refractivity contribution is 0.0632. The van der Waals surface area contributed by atoms with Crippen molar-refractivity contribution in [3.05, 3.63) is 45.4 Å². The van der Waals surface area contributed by atoms with Crippen LogP contribution in [-0.2, 0) is 6.54 Å². The van der Waals surface area contributed by atoms with E-state index in [9.17, 15) is 4.79 Å². The highest BCUT2D eigenvalue weighted by Gasteiger charge is 2.25. The highest BCUT2D eigenvalue weighted by molar-refractivity contribution is 7.13. The van der Waals surface area contributed by atoms with Crippen LogP contribution in [0.3, 0.4) is 0 Å². The zero-order valence-electron chi connectivity index (χ0n) is 16.7. The van der Waals surface area contributed by atoms with Gasteiger partial charge < -0.3 is 9.64 Å². The van der Waals surface area contributed by atoms with Crippen molar-refractivity contribution in [1.29, 1.82) is 0 Å². The van der Waals surface area contributed by atoms with Crippen molar-refractivity contribution in [3.63, 3.8) is 0 Å². The first-order valence-electron chi connectivity index (χ1n) is 9.68. The minimum Gasteiger partial charge on any atom is -0.494 e. The number of amides is 1. The van der Waals surface area contributed by atoms with Gasteiger partial charge in [-0.25, -0.2) is 4.98 Å². The number of ether oxygens (including phenoxy) is 1. The number of carbonyl (C=O) groups excluding carboxylic acids is 1. The largest absolute Gasteiger partial charge is 0.494 e. The topological polar surface area (TPSA) is 45.7 Å². The summed E-state index contributed by atoms with van der Waals surface area (Å²) >= 11 is 1.55. The molecule has 1 aromatic heterocycles. The fourth-order valence-electron chi connectivity index (χ4n) is 3.23. The monoisotopic (exact) mass is 387 g/mol. The van der Waals surface area contributed by atoms with Crippen LogP contribution < -0.4 is 4.74 Å². The van der Waals surface area contributed by atoms with Gasteiger partial charge in [-0.2, -0.15) is 0 Å². The Bertz CT molecular complexity index is 762. The fourth-order valence-corrected chi connectivity index (χ4v) is 4.27. The molecule has 0 atom stereocenters. The van der Waals surface area contributed by atoms with E-state index >= 15 is 0 Å². The molecule has 0 N–H and O–H groups in total. The summed E-state index contributed by atoms with van der Waals surface area (Å²) in [6.07, 6.45) is 0. The van der Waals surface area contributed by atoms with Gasteiger partial charge in [-0.15, -0.1) is 11.3 Å². The predicted octanol–water partition coefficient (Wildman–Crippen LogP) is 3.93. The van der Waals surface area contributed by atoms with E-state index in [4.69, 9.17) is 4.74 Å². The van der Waals surface area contributed by atoms with Crippen LogP contribution in [-0.4, -0.2) is 53.5 Å². The molecule has 1 aliphatic heterocycles. The van der Waals surface area contributed by atoms with E-state index in [1.807, 2.05) is 30.9 Å². The third-order valence-corrected chi connectivity index (χ3v) is 6.25. The number of carbonyl (C=O) groups is 1. The minimum atomic E-state index is 0.137. The summed E-state index contributed by atoms with van der Waals surface area (Å²) in [5.41, 5.74) is 2.14. The first kappa shape index (κ1) is 19.8. The predicted molar refractivity (Wildman–Crippen MR) is 110 cm³/mol. The van der Waals surface area contributed by atoms with E-state index in [1.165, 1.54) is 5.56 Å². The first-order chi connectivity index (χ1) is 13.0. The van der Waals surface area contributed by atoms with E-state index in [2.05, 4.69) is 35.9 Å². The van der Waals surface area contributed by atoms with Crippen LogP contribution in [0.5, 0.6) is 5.75 Å². The lowest BCUT2D eigenvalue weighted by atomic mass is 10.2. The van der Waals surface area contributed by atoms with Crippen molar-refractivity contribution in [1.82, 2.24) is 14.8 Å². The summed E-state index contributed by atoms with van der Waals surface area (Å²) in [7, 11) is 0. The van der Waals surface area contributed by atoms with Crippen LogP contribution in [0.15, 0.2) is 24.3 Å². The number of rotatable bonds is 6. The van der Waals surface area contributed by atoms with E-state index in [0.29, 0.717) is 12.5 Å². The molecule has 0 unspecified atom stereocenters. The summed E-state index contributed by atoms with van der Waals surface area (Å²) in [4.78, 5) is 22.6. The van der Waals surface area contributed by atoms with Gasteiger partial charge in [0.1, 0.15) is 10.6 Å². The van der Waals surface area contributed by atoms with Gasteiger partial charge in [0.25, 0.3) is 5.91 Å². The van der Waals surface area contributed by atoms with Crippen molar-refractivity contribution >= 4 is 17.2 Å². The molecule has 2 aromatic rings. The molecule has 3 rings (SSSR count). The van der Waals surface area contributed by atoms with Gasteiger partial charge in [0, 0.05) is 38.6 Å². The summed E-state index contributed by atoms with van der Waals surface area (Å²) in [6.45, 7) is 13.1. The van der Waals surface area contributed by atoms with Gasteiger partial charge >= 0.3 is 0 Å². The number of piperazine rings is 1. The maximum Gasteiger partial charge on any atom is 0.265 e. The van der Waals surface area contributed by atoms with E-state index in [1.54, 1.807) is 11.3 Å². The number of hydrogen-bond acceptors (Lipinski definition) is 5. The van der Waals surface area contributed by atoms with Crippen LogP contribution in [0.25, 0.3) is 0 Å². The molecule has 27 heavy (non-hydrogen) atoms. The average molecular weight is 388 g/mol. The maximum absolute atomic E-state index is 12.9. The standard InChI is InChI=1S/C21H29N3O2S/c1-5-26-18-8-6-17(7-9-18)14-23-10-12-24(13-11-23)21(25)19-16(4)22-20(27-19)15(2)3/h6-9,15H,5,10-14H2,1-4H3. The molecule has 0 bridgehead atoms. The van der Waals surface area contributed by atoms with E-state index in [0.717, 1.165) is 54.1 Å². The molecule has 2 heterocycles. The second-order valence-electron chi connectivity index (χ2n) is 7.27. The Morgan fingerprint density at radius 3 is 2.41 bits per heavy atom. The number of nitrogens with zero attached hydrogens (tertiary/aromatic N) is 3. The SMILES string of the molecule is CCOc1ccc(CN2CCN(C(=O)c3sc(C(C)C)nc3C)CC2)cc1. The van der Waals surface area contributed by atoms with Crippen molar-refractivity contribution < 1.29 is 9.53 Å². The Morgan fingerprint density at radius 1 is 1.19 bits per heavy atom. The Morgan fingerprint density at radius 2 is 1.85 bits per heavy atom. The molecule has 1 aliphatic rings. The Balaban J connectivity index is 1.54. The van der Waals surface area contributed by atoms with E-state index in [-0.39, 0.29) is 5.91 Å². The van der Waals surface area contributed by atoms with Crippen molar-refractivity contribution in [2.45, 2.75) is 40.2 Å². The van der Waals surface area contributed by atoms with Gasteiger partial charge in [-0.05, 0) is 31.5 Å². The minimum absolute atomic E-state index is 0.137. The van der Waals surface area contributed by atoms with Gasteiger partial charge in [0.15, 0.2) is 0 Å². The van der Waals surface area contributed by atoms with Gasteiger partial charge in [0.2, 0.25) is 0 Å². The zero-order valence-corrected chi connectivity index (χ0v) is 17.5. The summed E-state index contributed by atoms with van der Waals surface area (Å²) in [6, 6.07) is 8.29. The Hall–Kier alpha value is -1.92.